The van der Waals surface area contributed by atoms with Gasteiger partial charge in [0.15, 0.2) is 10.7 Å². The molecule has 43 heavy (non-hydrogen) atoms. The Kier molecular flexibility index (Phi) is 7.18. The Morgan fingerprint density at radius 1 is 0.860 bits per heavy atom. The summed E-state index contributed by atoms with van der Waals surface area (Å²) in [6.45, 7) is -0.185. The maximum atomic E-state index is 14.6. The Labute approximate surface area is 246 Å². The number of fused-ring (bicyclic) bond motifs is 2. The third-order valence-corrected chi connectivity index (χ3v) is 8.88. The standard InChI is InChI=1S/C32H25N5O5S/c33-20-11-12-25-28(17-20)42-30-26(29(25)23-9-1-2-10-24(23)32(38)39)13-14-27(34)31(30)43(40,41)37(18-21-7-3-5-15-35-21)19-22-8-4-6-16-36-22/h1-17,34H,18-19,33H2,(H,38,39). The summed E-state index contributed by atoms with van der Waals surface area (Å²) in [5.74, 6) is -1.23. The van der Waals surface area contributed by atoms with Crippen LogP contribution in [0.3, 0.4) is 0 Å². The molecule has 2 aliphatic rings. The van der Waals surface area contributed by atoms with Gasteiger partial charge in [0.1, 0.15) is 5.58 Å². The Hall–Kier alpha value is -5.39. The zero-order chi connectivity index (χ0) is 30.1. The van der Waals surface area contributed by atoms with Crippen LogP contribution in [-0.2, 0) is 23.1 Å². The number of benzene rings is 3. The van der Waals surface area contributed by atoms with Crippen LogP contribution >= 0.6 is 0 Å². The van der Waals surface area contributed by atoms with Crippen LogP contribution in [0.2, 0.25) is 0 Å². The summed E-state index contributed by atoms with van der Waals surface area (Å²) in [5.41, 5.74) is 8.86. The summed E-state index contributed by atoms with van der Waals surface area (Å²) in [6.07, 6.45) is 3.15. The van der Waals surface area contributed by atoms with E-state index in [9.17, 15) is 18.3 Å². The maximum Gasteiger partial charge on any atom is 0.336 e. The topological polar surface area (TPSA) is 163 Å². The molecule has 6 rings (SSSR count). The lowest BCUT2D eigenvalue weighted by atomic mass is 9.90. The second-order valence-electron chi connectivity index (χ2n) is 9.82. The number of nitrogen functional groups attached to an aromatic ring is 1. The number of rotatable bonds is 8. The highest BCUT2D eigenvalue weighted by molar-refractivity contribution is 7.89. The minimum Gasteiger partial charge on any atom is -0.478 e. The van der Waals surface area contributed by atoms with Gasteiger partial charge in [0.25, 0.3) is 0 Å². The number of aromatic carboxylic acids is 1. The molecule has 11 heteroatoms. The van der Waals surface area contributed by atoms with Crippen molar-refractivity contribution >= 4 is 32.6 Å². The van der Waals surface area contributed by atoms with Crippen molar-refractivity contribution in [3.63, 3.8) is 0 Å². The van der Waals surface area contributed by atoms with Gasteiger partial charge in [0.2, 0.25) is 10.0 Å². The van der Waals surface area contributed by atoms with Crippen LogP contribution in [0.1, 0.15) is 21.7 Å². The predicted molar refractivity (Wildman–Crippen MR) is 160 cm³/mol. The maximum absolute atomic E-state index is 14.6. The van der Waals surface area contributed by atoms with Gasteiger partial charge >= 0.3 is 5.97 Å². The first-order valence-corrected chi connectivity index (χ1v) is 14.6. The number of carbonyl (C=O) groups is 1. The minimum atomic E-state index is -4.43. The summed E-state index contributed by atoms with van der Waals surface area (Å²) in [6, 6.07) is 24.8. The number of nitrogens with two attached hydrogens (primary N) is 1. The number of nitrogens with one attached hydrogen (secondary N) is 1. The fraction of sp³-hybridized carbons (Fsp3) is 0.0625. The van der Waals surface area contributed by atoms with Gasteiger partial charge in [-0.2, -0.15) is 4.31 Å². The first-order chi connectivity index (χ1) is 20.7. The van der Waals surface area contributed by atoms with E-state index in [1.54, 1.807) is 91.3 Å². The lowest BCUT2D eigenvalue weighted by Crippen LogP contribution is -2.34. The second-order valence-corrected chi connectivity index (χ2v) is 11.7. The SMILES string of the molecule is N=c1ccc2c(-c3ccccc3C(=O)O)c3ccc(N)cc3oc-2c1S(=O)(=O)N(Cc1ccccn1)Cc1ccccn1. The quantitative estimate of drug-likeness (QED) is 0.162. The molecule has 2 aromatic carbocycles. The van der Waals surface area contributed by atoms with E-state index in [-0.39, 0.29) is 40.2 Å². The molecule has 2 aromatic heterocycles. The van der Waals surface area contributed by atoms with E-state index >= 15 is 0 Å². The van der Waals surface area contributed by atoms with Crippen molar-refractivity contribution in [2.24, 2.45) is 0 Å². The van der Waals surface area contributed by atoms with Gasteiger partial charge in [-0.05, 0) is 60.2 Å². The highest BCUT2D eigenvalue weighted by Gasteiger charge is 2.34. The van der Waals surface area contributed by atoms with Gasteiger partial charge in [-0.15, -0.1) is 0 Å². The number of carboxylic acid groups (broad SMARTS) is 1. The molecule has 4 N–H and O–H groups in total. The molecule has 4 aromatic rings. The highest BCUT2D eigenvalue weighted by atomic mass is 32.2. The molecule has 0 unspecified atom stereocenters. The number of nitrogens with zero attached hydrogens (tertiary/aromatic N) is 3. The fourth-order valence-electron chi connectivity index (χ4n) is 5.08. The third-order valence-electron chi connectivity index (χ3n) is 7.02. The number of hydrogen-bond acceptors (Lipinski definition) is 8. The number of aromatic nitrogens is 2. The van der Waals surface area contributed by atoms with Crippen LogP contribution in [0.4, 0.5) is 5.69 Å². The van der Waals surface area contributed by atoms with E-state index in [0.29, 0.717) is 39.2 Å². The molecule has 0 amide bonds. The van der Waals surface area contributed by atoms with Crippen LogP contribution in [0, 0.1) is 5.41 Å². The molecule has 0 saturated carbocycles. The largest absolute Gasteiger partial charge is 0.478 e. The lowest BCUT2D eigenvalue weighted by molar-refractivity contribution is 0.0697. The van der Waals surface area contributed by atoms with Gasteiger partial charge in [-0.3, -0.25) is 15.4 Å². The van der Waals surface area contributed by atoms with Gasteiger partial charge < -0.3 is 15.3 Å². The second kappa shape index (κ2) is 11.1. The Morgan fingerprint density at radius 2 is 1.51 bits per heavy atom. The van der Waals surface area contributed by atoms with Crippen molar-refractivity contribution in [1.82, 2.24) is 14.3 Å². The molecule has 10 nitrogen and oxygen atoms in total. The summed E-state index contributed by atoms with van der Waals surface area (Å²) in [5, 5.41) is 19.0. The van der Waals surface area contributed by atoms with Crippen molar-refractivity contribution in [2.75, 3.05) is 5.73 Å². The fourth-order valence-corrected chi connectivity index (χ4v) is 6.67. The first kappa shape index (κ1) is 27.8. The molecular formula is C32H25N5O5S. The summed E-state index contributed by atoms with van der Waals surface area (Å²) in [4.78, 5) is 20.5. The van der Waals surface area contributed by atoms with Gasteiger partial charge in [0, 0.05) is 40.7 Å². The van der Waals surface area contributed by atoms with Gasteiger partial charge in [0.05, 0.1) is 35.4 Å². The third kappa shape index (κ3) is 5.23. The smallest absolute Gasteiger partial charge is 0.336 e. The van der Waals surface area contributed by atoms with Crippen LogP contribution in [0.25, 0.3) is 33.4 Å². The Bertz CT molecular complexity index is 2070. The average molecular weight is 592 g/mol. The molecule has 0 saturated heterocycles. The van der Waals surface area contributed by atoms with E-state index in [1.807, 2.05) is 0 Å². The van der Waals surface area contributed by atoms with Crippen LogP contribution < -0.4 is 11.1 Å². The zero-order valence-corrected chi connectivity index (χ0v) is 23.5. The average Bonchev–Trinajstić information content (AvgIpc) is 3.00. The summed E-state index contributed by atoms with van der Waals surface area (Å²) >= 11 is 0. The number of sulfonamides is 1. The number of carboxylic acids is 1. The number of anilines is 1. The van der Waals surface area contributed by atoms with Gasteiger partial charge in [-0.25, -0.2) is 13.2 Å². The lowest BCUT2D eigenvalue weighted by Gasteiger charge is -2.24. The molecule has 0 fully saturated rings. The molecule has 0 radical (unpaired) electrons. The van der Waals surface area contributed by atoms with E-state index < -0.39 is 16.0 Å². The molecule has 1 aliphatic carbocycles. The number of hydrogen-bond donors (Lipinski definition) is 3. The van der Waals surface area contributed by atoms with Crippen LogP contribution in [0.15, 0.2) is 113 Å². The molecule has 3 heterocycles. The summed E-state index contributed by atoms with van der Waals surface area (Å²) < 4.78 is 36.6. The molecular weight excluding hydrogens is 566 g/mol. The molecule has 0 spiro atoms. The van der Waals surface area contributed by atoms with E-state index in [2.05, 4.69) is 9.97 Å². The Balaban J connectivity index is 1.63. The van der Waals surface area contributed by atoms with Crippen LogP contribution in [0.5, 0.6) is 0 Å². The predicted octanol–water partition coefficient (Wildman–Crippen LogP) is 5.15. The molecule has 214 valence electrons. The number of pyridine rings is 2. The monoisotopic (exact) mass is 591 g/mol. The molecule has 0 atom stereocenters. The van der Waals surface area contributed by atoms with Crippen molar-refractivity contribution in [2.45, 2.75) is 18.0 Å². The van der Waals surface area contributed by atoms with Crippen molar-refractivity contribution in [1.29, 1.82) is 5.41 Å². The van der Waals surface area contributed by atoms with E-state index in [1.165, 1.54) is 16.4 Å². The summed E-state index contributed by atoms with van der Waals surface area (Å²) in [7, 11) is -4.43. The first-order valence-electron chi connectivity index (χ1n) is 13.2. The van der Waals surface area contributed by atoms with Crippen molar-refractivity contribution < 1.29 is 22.7 Å². The van der Waals surface area contributed by atoms with Crippen molar-refractivity contribution in [3.8, 4) is 22.5 Å². The highest BCUT2D eigenvalue weighted by Crippen LogP contribution is 2.44. The normalized spacial score (nSPS) is 11.7. The van der Waals surface area contributed by atoms with Gasteiger partial charge in [-0.1, -0.05) is 30.3 Å². The van der Waals surface area contributed by atoms with E-state index in [4.69, 9.17) is 15.6 Å². The van der Waals surface area contributed by atoms with Crippen LogP contribution in [-0.4, -0.2) is 33.8 Å². The minimum absolute atomic E-state index is 0.0272. The van der Waals surface area contributed by atoms with Crippen molar-refractivity contribution in [3.05, 3.63) is 126 Å². The molecule has 0 bridgehead atoms. The zero-order valence-electron chi connectivity index (χ0n) is 22.6. The molecule has 1 aliphatic heterocycles. The van der Waals surface area contributed by atoms with E-state index in [0.717, 1.165) is 0 Å². The Morgan fingerprint density at radius 3 is 2.14 bits per heavy atom.